The molecule has 0 aliphatic carbocycles. The number of pyridine rings is 1. The van der Waals surface area contributed by atoms with Gasteiger partial charge in [0.1, 0.15) is 11.5 Å². The van der Waals surface area contributed by atoms with Crippen molar-refractivity contribution in [3.63, 3.8) is 0 Å². The highest BCUT2D eigenvalue weighted by Crippen LogP contribution is 2.13. The number of nitrogens with zero attached hydrogens (tertiary/aromatic N) is 3. The van der Waals surface area contributed by atoms with Crippen LogP contribution in [0.4, 0.5) is 5.82 Å². The normalized spacial score (nSPS) is 12.0. The third kappa shape index (κ3) is 3.69. The first-order chi connectivity index (χ1) is 10.5. The fraction of sp³-hybridized carbons (Fsp3) is 0.333. The van der Waals surface area contributed by atoms with Gasteiger partial charge in [-0.3, -0.25) is 4.79 Å². The summed E-state index contributed by atoms with van der Waals surface area (Å²) < 4.78 is 6.78. The molecule has 116 valence electrons. The second kappa shape index (κ2) is 6.84. The van der Waals surface area contributed by atoms with E-state index in [2.05, 4.69) is 15.4 Å². The molecule has 0 radical (unpaired) electrons. The minimum Gasteiger partial charge on any atom is -0.448 e. The molecule has 7 heteroatoms. The summed E-state index contributed by atoms with van der Waals surface area (Å²) in [6.45, 7) is 5.41. The van der Waals surface area contributed by atoms with Crippen LogP contribution in [0.2, 0.25) is 0 Å². The molecule has 1 atom stereocenters. The molecule has 7 nitrogen and oxygen atoms in total. The average molecular weight is 302 g/mol. The van der Waals surface area contributed by atoms with Gasteiger partial charge in [0, 0.05) is 18.3 Å². The predicted octanol–water partition coefficient (Wildman–Crippen LogP) is 2.04. The van der Waals surface area contributed by atoms with Crippen molar-refractivity contribution in [2.75, 3.05) is 5.32 Å². The summed E-state index contributed by atoms with van der Waals surface area (Å²) in [7, 11) is 0. The van der Waals surface area contributed by atoms with E-state index in [0.717, 1.165) is 0 Å². The lowest BCUT2D eigenvalue weighted by Crippen LogP contribution is -2.31. The highest BCUT2D eigenvalue weighted by Gasteiger charge is 2.21. The lowest BCUT2D eigenvalue weighted by molar-refractivity contribution is -0.123. The van der Waals surface area contributed by atoms with Crippen molar-refractivity contribution in [2.24, 2.45) is 0 Å². The Hall–Kier alpha value is -2.70. The Kier molecular flexibility index (Phi) is 4.88. The molecule has 0 saturated heterocycles. The Morgan fingerprint density at radius 2 is 1.95 bits per heavy atom. The Morgan fingerprint density at radius 3 is 2.59 bits per heavy atom. The van der Waals surface area contributed by atoms with E-state index < -0.39 is 18.0 Å². The minimum atomic E-state index is -0.940. The molecule has 2 heterocycles. The topological polar surface area (TPSA) is 86.1 Å². The number of esters is 1. The van der Waals surface area contributed by atoms with E-state index in [1.165, 1.54) is 19.2 Å². The molecule has 0 unspecified atom stereocenters. The van der Waals surface area contributed by atoms with Crippen LogP contribution in [-0.4, -0.2) is 32.7 Å². The summed E-state index contributed by atoms with van der Waals surface area (Å²) in [6.07, 6.45) is 2.15. The van der Waals surface area contributed by atoms with Gasteiger partial charge < -0.3 is 10.1 Å². The smallest absolute Gasteiger partial charge is 0.357 e. The average Bonchev–Trinajstić information content (AvgIpc) is 2.96. The minimum absolute atomic E-state index is 0.108. The zero-order valence-electron chi connectivity index (χ0n) is 12.7. The number of hydrogen-bond acceptors (Lipinski definition) is 5. The van der Waals surface area contributed by atoms with Gasteiger partial charge in [-0.25, -0.2) is 14.5 Å². The highest BCUT2D eigenvalue weighted by molar-refractivity contribution is 5.96. The Balaban J connectivity index is 1.98. The molecule has 2 aromatic rings. The number of hydrogen-bond donors (Lipinski definition) is 1. The van der Waals surface area contributed by atoms with Crippen molar-refractivity contribution < 1.29 is 14.3 Å². The van der Waals surface area contributed by atoms with Crippen molar-refractivity contribution in [2.45, 2.75) is 32.9 Å². The summed E-state index contributed by atoms with van der Waals surface area (Å²) in [4.78, 5) is 27.8. The maximum atomic E-state index is 12.1. The lowest BCUT2D eigenvalue weighted by Gasteiger charge is -2.15. The number of carbonyl (C=O) groups is 2. The quantitative estimate of drug-likeness (QED) is 0.854. The Labute approximate surface area is 128 Å². The fourth-order valence-corrected chi connectivity index (χ4v) is 1.81. The molecule has 0 spiro atoms. The SMILES string of the molecule is CC(C)n1nccc1NC(=O)[C@@H](C)OC(=O)c1ccccn1. The molecule has 2 aromatic heterocycles. The summed E-state index contributed by atoms with van der Waals surface area (Å²) in [6, 6.07) is 6.69. The van der Waals surface area contributed by atoms with Crippen LogP contribution >= 0.6 is 0 Å². The van der Waals surface area contributed by atoms with Gasteiger partial charge in [-0.1, -0.05) is 6.07 Å². The van der Waals surface area contributed by atoms with Gasteiger partial charge in [-0.05, 0) is 32.9 Å². The van der Waals surface area contributed by atoms with Crippen LogP contribution in [-0.2, 0) is 9.53 Å². The van der Waals surface area contributed by atoms with Gasteiger partial charge in [-0.2, -0.15) is 5.10 Å². The zero-order chi connectivity index (χ0) is 16.1. The van der Waals surface area contributed by atoms with Gasteiger partial charge in [0.15, 0.2) is 6.10 Å². The van der Waals surface area contributed by atoms with E-state index in [0.29, 0.717) is 5.82 Å². The molecule has 0 aromatic carbocycles. The summed E-state index contributed by atoms with van der Waals surface area (Å²) in [5.41, 5.74) is 0.161. The standard InChI is InChI=1S/C15H18N4O3/c1-10(2)19-13(7-9-17-19)18-14(20)11(3)22-15(21)12-6-4-5-8-16-12/h4-11H,1-3H3,(H,18,20)/t11-/m1/s1. The molecular weight excluding hydrogens is 284 g/mol. The molecule has 0 saturated carbocycles. The maximum Gasteiger partial charge on any atom is 0.357 e. The molecule has 22 heavy (non-hydrogen) atoms. The lowest BCUT2D eigenvalue weighted by atomic mass is 10.3. The van der Waals surface area contributed by atoms with Crippen molar-refractivity contribution in [3.05, 3.63) is 42.4 Å². The van der Waals surface area contributed by atoms with Crippen molar-refractivity contribution >= 4 is 17.7 Å². The zero-order valence-corrected chi connectivity index (χ0v) is 12.7. The maximum absolute atomic E-state index is 12.1. The third-order valence-electron chi connectivity index (χ3n) is 2.94. The van der Waals surface area contributed by atoms with Crippen molar-refractivity contribution in [3.8, 4) is 0 Å². The van der Waals surface area contributed by atoms with E-state index in [1.54, 1.807) is 29.1 Å². The first-order valence-electron chi connectivity index (χ1n) is 6.95. The van der Waals surface area contributed by atoms with Crippen molar-refractivity contribution in [1.82, 2.24) is 14.8 Å². The van der Waals surface area contributed by atoms with E-state index in [-0.39, 0.29) is 11.7 Å². The first kappa shape index (κ1) is 15.7. The van der Waals surface area contributed by atoms with Crippen LogP contribution in [0, 0.1) is 0 Å². The van der Waals surface area contributed by atoms with Gasteiger partial charge in [0.05, 0.1) is 6.20 Å². The van der Waals surface area contributed by atoms with Crippen LogP contribution in [0.25, 0.3) is 0 Å². The van der Waals surface area contributed by atoms with Gasteiger partial charge in [0.25, 0.3) is 5.91 Å². The Bertz CT molecular complexity index is 652. The third-order valence-corrected chi connectivity index (χ3v) is 2.94. The number of carbonyl (C=O) groups excluding carboxylic acids is 2. The number of anilines is 1. The molecule has 2 rings (SSSR count). The van der Waals surface area contributed by atoms with Crippen molar-refractivity contribution in [1.29, 1.82) is 0 Å². The second-order valence-corrected chi connectivity index (χ2v) is 5.01. The van der Waals surface area contributed by atoms with Gasteiger partial charge in [0.2, 0.25) is 0 Å². The number of ether oxygens (including phenoxy) is 1. The first-order valence-corrected chi connectivity index (χ1v) is 6.95. The predicted molar refractivity (Wildman–Crippen MR) is 80.4 cm³/mol. The summed E-state index contributed by atoms with van der Waals surface area (Å²) >= 11 is 0. The molecule has 0 aliphatic heterocycles. The number of aromatic nitrogens is 3. The highest BCUT2D eigenvalue weighted by atomic mass is 16.5. The number of nitrogens with one attached hydrogen (secondary N) is 1. The molecule has 0 fully saturated rings. The van der Waals surface area contributed by atoms with Crippen LogP contribution in [0.1, 0.15) is 37.3 Å². The van der Waals surface area contributed by atoms with E-state index in [1.807, 2.05) is 13.8 Å². The molecule has 1 N–H and O–H groups in total. The van der Waals surface area contributed by atoms with Gasteiger partial charge in [-0.15, -0.1) is 0 Å². The number of rotatable bonds is 5. The second-order valence-electron chi connectivity index (χ2n) is 5.01. The summed E-state index contributed by atoms with van der Waals surface area (Å²) in [5.74, 6) is -0.506. The number of amides is 1. The van der Waals surface area contributed by atoms with Crippen LogP contribution in [0.15, 0.2) is 36.7 Å². The van der Waals surface area contributed by atoms with Crippen LogP contribution in [0.3, 0.4) is 0 Å². The molecular formula is C15H18N4O3. The molecule has 0 bridgehead atoms. The van der Waals surface area contributed by atoms with E-state index in [4.69, 9.17) is 4.74 Å². The summed E-state index contributed by atoms with van der Waals surface area (Å²) in [5, 5.41) is 6.81. The van der Waals surface area contributed by atoms with E-state index >= 15 is 0 Å². The Morgan fingerprint density at radius 1 is 1.18 bits per heavy atom. The fourth-order valence-electron chi connectivity index (χ4n) is 1.81. The van der Waals surface area contributed by atoms with Gasteiger partial charge >= 0.3 is 5.97 Å². The molecule has 1 amide bonds. The van der Waals surface area contributed by atoms with Crippen LogP contribution in [0.5, 0.6) is 0 Å². The van der Waals surface area contributed by atoms with Crippen LogP contribution < -0.4 is 5.32 Å². The monoisotopic (exact) mass is 302 g/mol. The van der Waals surface area contributed by atoms with E-state index in [9.17, 15) is 9.59 Å². The largest absolute Gasteiger partial charge is 0.448 e. The molecule has 0 aliphatic rings.